The normalized spacial score (nSPS) is 13.4. The van der Waals surface area contributed by atoms with Gasteiger partial charge in [0.2, 0.25) is 10.0 Å². The van der Waals surface area contributed by atoms with Crippen LogP contribution in [-0.2, 0) is 10.0 Å². The molecule has 16 heavy (non-hydrogen) atoms. The predicted molar refractivity (Wildman–Crippen MR) is 67.9 cm³/mol. The minimum Gasteiger partial charge on any atom is -0.318 e. The van der Waals surface area contributed by atoms with Crippen LogP contribution in [0, 0.1) is 0 Å². The standard InChI is InChI=1S/C9H14BrN3O2S/c1-7(5-11-2)16(14,15)13-9-4-3-8(10)6-12-9/h3-4,6-7,11H,5H2,1-2H3,(H,12,13). The van der Waals surface area contributed by atoms with Crippen molar-refractivity contribution < 1.29 is 8.42 Å². The van der Waals surface area contributed by atoms with Gasteiger partial charge in [-0.3, -0.25) is 4.72 Å². The van der Waals surface area contributed by atoms with Crippen LogP contribution < -0.4 is 10.0 Å². The van der Waals surface area contributed by atoms with Gasteiger partial charge in [0.15, 0.2) is 0 Å². The van der Waals surface area contributed by atoms with E-state index in [9.17, 15) is 8.42 Å². The van der Waals surface area contributed by atoms with Gasteiger partial charge in [0, 0.05) is 17.2 Å². The maximum Gasteiger partial charge on any atom is 0.237 e. The van der Waals surface area contributed by atoms with E-state index in [1.807, 2.05) is 0 Å². The third-order valence-corrected chi connectivity index (χ3v) is 4.18. The number of nitrogens with zero attached hydrogens (tertiary/aromatic N) is 1. The molecule has 5 nitrogen and oxygen atoms in total. The molecule has 0 amide bonds. The molecule has 0 aliphatic carbocycles. The second kappa shape index (κ2) is 5.60. The molecule has 1 aromatic heterocycles. The Labute approximate surface area is 104 Å². The lowest BCUT2D eigenvalue weighted by Crippen LogP contribution is -2.33. The van der Waals surface area contributed by atoms with Crippen LogP contribution in [0.4, 0.5) is 5.82 Å². The molecule has 0 spiro atoms. The number of aromatic nitrogens is 1. The van der Waals surface area contributed by atoms with Crippen molar-refractivity contribution in [3.05, 3.63) is 22.8 Å². The summed E-state index contributed by atoms with van der Waals surface area (Å²) in [6.45, 7) is 2.03. The summed E-state index contributed by atoms with van der Waals surface area (Å²) in [6, 6.07) is 3.33. The van der Waals surface area contributed by atoms with Crippen LogP contribution in [0.2, 0.25) is 0 Å². The highest BCUT2D eigenvalue weighted by molar-refractivity contribution is 9.10. The van der Waals surface area contributed by atoms with Gasteiger partial charge in [-0.15, -0.1) is 0 Å². The molecule has 0 fully saturated rings. The molecule has 0 aliphatic heterocycles. The second-order valence-electron chi connectivity index (χ2n) is 3.38. The van der Waals surface area contributed by atoms with Gasteiger partial charge in [-0.05, 0) is 42.0 Å². The van der Waals surface area contributed by atoms with Gasteiger partial charge in [-0.25, -0.2) is 13.4 Å². The van der Waals surface area contributed by atoms with Gasteiger partial charge in [0.25, 0.3) is 0 Å². The average Bonchev–Trinajstić information content (AvgIpc) is 2.21. The molecular weight excluding hydrogens is 294 g/mol. The maximum absolute atomic E-state index is 11.8. The van der Waals surface area contributed by atoms with E-state index in [1.165, 1.54) is 0 Å². The lowest BCUT2D eigenvalue weighted by molar-refractivity contribution is 0.583. The van der Waals surface area contributed by atoms with Crippen molar-refractivity contribution in [3.63, 3.8) is 0 Å². The third kappa shape index (κ3) is 3.73. The van der Waals surface area contributed by atoms with Crippen LogP contribution in [0.25, 0.3) is 0 Å². The Morgan fingerprint density at radius 1 is 1.50 bits per heavy atom. The summed E-state index contributed by atoms with van der Waals surface area (Å²) < 4.78 is 26.8. The Morgan fingerprint density at radius 3 is 2.69 bits per heavy atom. The molecule has 0 saturated carbocycles. The monoisotopic (exact) mass is 307 g/mol. The molecule has 2 N–H and O–H groups in total. The lowest BCUT2D eigenvalue weighted by atomic mass is 10.5. The molecule has 0 aromatic carbocycles. The SMILES string of the molecule is CNCC(C)S(=O)(=O)Nc1ccc(Br)cn1. The maximum atomic E-state index is 11.8. The number of hydrogen-bond donors (Lipinski definition) is 2. The summed E-state index contributed by atoms with van der Waals surface area (Å²) in [7, 11) is -1.67. The first kappa shape index (κ1) is 13.4. The quantitative estimate of drug-likeness (QED) is 0.857. The first-order valence-corrected chi connectivity index (χ1v) is 7.07. The third-order valence-electron chi connectivity index (χ3n) is 2.00. The number of nitrogens with one attached hydrogen (secondary N) is 2. The lowest BCUT2D eigenvalue weighted by Gasteiger charge is -2.13. The fraction of sp³-hybridized carbons (Fsp3) is 0.444. The Bertz CT molecular complexity index is 433. The first-order valence-electron chi connectivity index (χ1n) is 4.73. The highest BCUT2D eigenvalue weighted by Gasteiger charge is 2.20. The smallest absolute Gasteiger partial charge is 0.237 e. The Kier molecular flexibility index (Phi) is 4.69. The molecule has 1 aromatic rings. The number of anilines is 1. The molecule has 1 unspecified atom stereocenters. The van der Waals surface area contributed by atoms with Gasteiger partial charge < -0.3 is 5.32 Å². The van der Waals surface area contributed by atoms with Crippen LogP contribution in [0.1, 0.15) is 6.92 Å². The van der Waals surface area contributed by atoms with Crippen molar-refractivity contribution in [2.45, 2.75) is 12.2 Å². The zero-order chi connectivity index (χ0) is 12.2. The molecule has 1 rings (SSSR count). The van der Waals surface area contributed by atoms with Crippen LogP contribution in [0.15, 0.2) is 22.8 Å². The first-order chi connectivity index (χ1) is 7.45. The Morgan fingerprint density at radius 2 is 2.19 bits per heavy atom. The molecular formula is C9H14BrN3O2S. The van der Waals surface area contributed by atoms with Crippen LogP contribution in [0.3, 0.4) is 0 Å². The largest absolute Gasteiger partial charge is 0.318 e. The van der Waals surface area contributed by atoms with E-state index in [2.05, 4.69) is 31.0 Å². The van der Waals surface area contributed by atoms with Crippen molar-refractivity contribution in [1.82, 2.24) is 10.3 Å². The van der Waals surface area contributed by atoms with E-state index in [4.69, 9.17) is 0 Å². The predicted octanol–water partition coefficient (Wildman–Crippen LogP) is 1.19. The molecule has 0 aliphatic rings. The van der Waals surface area contributed by atoms with Gasteiger partial charge >= 0.3 is 0 Å². The van der Waals surface area contributed by atoms with Crippen molar-refractivity contribution in [2.24, 2.45) is 0 Å². The van der Waals surface area contributed by atoms with Crippen LogP contribution in [-0.4, -0.2) is 32.2 Å². The Balaban J connectivity index is 2.76. The highest BCUT2D eigenvalue weighted by Crippen LogP contribution is 2.13. The molecule has 0 bridgehead atoms. The number of halogens is 1. The zero-order valence-electron chi connectivity index (χ0n) is 9.07. The number of sulfonamides is 1. The fourth-order valence-electron chi connectivity index (χ4n) is 1.08. The molecule has 1 heterocycles. The second-order valence-corrected chi connectivity index (χ2v) is 6.39. The zero-order valence-corrected chi connectivity index (χ0v) is 11.5. The van der Waals surface area contributed by atoms with Crippen molar-refractivity contribution in [2.75, 3.05) is 18.3 Å². The molecule has 0 radical (unpaired) electrons. The Hall–Kier alpha value is -0.660. The number of rotatable bonds is 5. The fourth-order valence-corrected chi connectivity index (χ4v) is 2.31. The van der Waals surface area contributed by atoms with E-state index in [0.717, 1.165) is 4.47 Å². The molecule has 1 atom stereocenters. The van der Waals surface area contributed by atoms with Gasteiger partial charge in [-0.2, -0.15) is 0 Å². The van der Waals surface area contributed by atoms with Crippen LogP contribution >= 0.6 is 15.9 Å². The van der Waals surface area contributed by atoms with Crippen molar-refractivity contribution >= 4 is 31.8 Å². The molecule has 7 heteroatoms. The minimum absolute atomic E-state index is 0.325. The van der Waals surface area contributed by atoms with E-state index in [-0.39, 0.29) is 0 Å². The number of hydrogen-bond acceptors (Lipinski definition) is 4. The van der Waals surface area contributed by atoms with Gasteiger partial charge in [0.05, 0.1) is 5.25 Å². The van der Waals surface area contributed by atoms with E-state index >= 15 is 0 Å². The van der Waals surface area contributed by atoms with E-state index in [0.29, 0.717) is 12.4 Å². The summed E-state index contributed by atoms with van der Waals surface area (Å²) in [4.78, 5) is 3.95. The summed E-state index contributed by atoms with van der Waals surface area (Å²) in [5.41, 5.74) is 0. The van der Waals surface area contributed by atoms with Gasteiger partial charge in [0.1, 0.15) is 5.82 Å². The van der Waals surface area contributed by atoms with Gasteiger partial charge in [-0.1, -0.05) is 0 Å². The summed E-state index contributed by atoms with van der Waals surface area (Å²) in [6.07, 6.45) is 1.54. The van der Waals surface area contributed by atoms with Crippen molar-refractivity contribution in [1.29, 1.82) is 0 Å². The topological polar surface area (TPSA) is 71.1 Å². The molecule has 90 valence electrons. The average molecular weight is 308 g/mol. The van der Waals surface area contributed by atoms with E-state index < -0.39 is 15.3 Å². The summed E-state index contributed by atoms with van der Waals surface area (Å²) >= 11 is 3.23. The number of pyridine rings is 1. The van der Waals surface area contributed by atoms with E-state index in [1.54, 1.807) is 32.3 Å². The highest BCUT2D eigenvalue weighted by atomic mass is 79.9. The minimum atomic E-state index is -3.38. The van der Waals surface area contributed by atoms with Crippen molar-refractivity contribution in [3.8, 4) is 0 Å². The van der Waals surface area contributed by atoms with Crippen LogP contribution in [0.5, 0.6) is 0 Å². The summed E-state index contributed by atoms with van der Waals surface area (Å²) in [5.74, 6) is 0.325. The summed E-state index contributed by atoms with van der Waals surface area (Å²) in [5, 5.41) is 2.31. The molecule has 0 saturated heterocycles.